The van der Waals surface area contributed by atoms with Gasteiger partial charge in [-0.05, 0) is 25.5 Å². The molecule has 2 heterocycles. The third-order valence-corrected chi connectivity index (χ3v) is 3.00. The normalized spacial score (nSPS) is 12.9. The van der Waals surface area contributed by atoms with E-state index in [2.05, 4.69) is 26.2 Å². The van der Waals surface area contributed by atoms with Crippen molar-refractivity contribution in [2.75, 3.05) is 7.05 Å². The van der Waals surface area contributed by atoms with Gasteiger partial charge < -0.3 is 9.88 Å². The summed E-state index contributed by atoms with van der Waals surface area (Å²) in [5.41, 5.74) is 1.27. The van der Waals surface area contributed by atoms with Gasteiger partial charge in [0.1, 0.15) is 5.82 Å². The van der Waals surface area contributed by atoms with Crippen molar-refractivity contribution >= 4 is 0 Å². The summed E-state index contributed by atoms with van der Waals surface area (Å²) in [5, 5.41) is 7.49. The zero-order chi connectivity index (χ0) is 12.3. The van der Waals surface area contributed by atoms with Gasteiger partial charge in [0.25, 0.3) is 0 Å². The predicted octanol–water partition coefficient (Wildman–Crippen LogP) is 1.05. The molecule has 0 fully saturated rings. The van der Waals surface area contributed by atoms with Crippen LogP contribution in [0.2, 0.25) is 0 Å². The van der Waals surface area contributed by atoms with Crippen LogP contribution in [0.1, 0.15) is 23.9 Å². The first-order valence-corrected chi connectivity index (χ1v) is 5.82. The standard InChI is InChI=1S/C12H19N5/c1-13-11(12-14-6-7-16(12)2)5-4-10-8-15-17(3)9-10/h6-9,11,13H,4-5H2,1-3H3. The Morgan fingerprint density at radius 3 is 2.76 bits per heavy atom. The van der Waals surface area contributed by atoms with Crippen LogP contribution in [-0.4, -0.2) is 26.4 Å². The summed E-state index contributed by atoms with van der Waals surface area (Å²) >= 11 is 0. The Balaban J connectivity index is 1.99. The molecule has 2 aromatic heterocycles. The van der Waals surface area contributed by atoms with E-state index in [1.807, 2.05) is 44.4 Å². The molecule has 0 aliphatic carbocycles. The maximum atomic E-state index is 4.38. The molecule has 17 heavy (non-hydrogen) atoms. The molecule has 5 heteroatoms. The minimum atomic E-state index is 0.287. The first-order chi connectivity index (χ1) is 8.20. The predicted molar refractivity (Wildman–Crippen MR) is 66.5 cm³/mol. The van der Waals surface area contributed by atoms with Gasteiger partial charge in [0, 0.05) is 32.7 Å². The second kappa shape index (κ2) is 5.14. The van der Waals surface area contributed by atoms with Gasteiger partial charge in [0.15, 0.2) is 0 Å². The Hall–Kier alpha value is -1.62. The summed E-state index contributed by atoms with van der Waals surface area (Å²) in [6.45, 7) is 0. The summed E-state index contributed by atoms with van der Waals surface area (Å²) in [4.78, 5) is 4.38. The van der Waals surface area contributed by atoms with Gasteiger partial charge in [-0.3, -0.25) is 4.68 Å². The molecule has 1 unspecified atom stereocenters. The number of hydrogen-bond donors (Lipinski definition) is 1. The third kappa shape index (κ3) is 2.74. The smallest absolute Gasteiger partial charge is 0.125 e. The van der Waals surface area contributed by atoms with Crippen LogP contribution >= 0.6 is 0 Å². The van der Waals surface area contributed by atoms with Crippen LogP contribution in [0.4, 0.5) is 0 Å². The summed E-state index contributed by atoms with van der Waals surface area (Å²) in [6.07, 6.45) is 9.82. The largest absolute Gasteiger partial charge is 0.337 e. The summed E-state index contributed by atoms with van der Waals surface area (Å²) in [6, 6.07) is 0.287. The first-order valence-electron chi connectivity index (χ1n) is 5.82. The molecule has 92 valence electrons. The van der Waals surface area contributed by atoms with Gasteiger partial charge in [-0.25, -0.2) is 4.98 Å². The van der Waals surface area contributed by atoms with Gasteiger partial charge in [-0.2, -0.15) is 5.10 Å². The van der Waals surface area contributed by atoms with Gasteiger partial charge in [-0.1, -0.05) is 0 Å². The number of rotatable bonds is 5. The lowest BCUT2D eigenvalue weighted by molar-refractivity contribution is 0.505. The second-order valence-electron chi connectivity index (χ2n) is 4.30. The average molecular weight is 233 g/mol. The van der Waals surface area contributed by atoms with Crippen molar-refractivity contribution in [3.8, 4) is 0 Å². The number of aromatic nitrogens is 4. The SMILES string of the molecule is CNC(CCc1cnn(C)c1)c1nccn1C. The van der Waals surface area contributed by atoms with Crippen LogP contribution in [0.5, 0.6) is 0 Å². The van der Waals surface area contributed by atoms with E-state index < -0.39 is 0 Å². The lowest BCUT2D eigenvalue weighted by atomic mass is 10.1. The van der Waals surface area contributed by atoms with Crippen molar-refractivity contribution in [2.24, 2.45) is 14.1 Å². The van der Waals surface area contributed by atoms with Crippen LogP contribution in [0.15, 0.2) is 24.8 Å². The quantitative estimate of drug-likeness (QED) is 0.839. The average Bonchev–Trinajstić information content (AvgIpc) is 2.90. The molecule has 0 bridgehead atoms. The number of nitrogens with one attached hydrogen (secondary N) is 1. The van der Waals surface area contributed by atoms with E-state index in [-0.39, 0.29) is 6.04 Å². The maximum Gasteiger partial charge on any atom is 0.125 e. The fourth-order valence-corrected chi connectivity index (χ4v) is 2.03. The zero-order valence-corrected chi connectivity index (χ0v) is 10.6. The monoisotopic (exact) mass is 233 g/mol. The Morgan fingerprint density at radius 2 is 2.24 bits per heavy atom. The van der Waals surface area contributed by atoms with Crippen LogP contribution in [0, 0.1) is 0 Å². The fraction of sp³-hybridized carbons (Fsp3) is 0.500. The molecule has 0 aliphatic rings. The minimum absolute atomic E-state index is 0.287. The Kier molecular flexibility index (Phi) is 3.58. The molecule has 0 aliphatic heterocycles. The maximum absolute atomic E-state index is 4.38. The highest BCUT2D eigenvalue weighted by atomic mass is 15.2. The summed E-state index contributed by atoms with van der Waals surface area (Å²) < 4.78 is 3.90. The molecule has 0 aromatic carbocycles. The van der Waals surface area contributed by atoms with Gasteiger partial charge >= 0.3 is 0 Å². The van der Waals surface area contributed by atoms with Crippen LogP contribution < -0.4 is 5.32 Å². The van der Waals surface area contributed by atoms with E-state index in [4.69, 9.17) is 0 Å². The Labute approximate surface area is 101 Å². The van der Waals surface area contributed by atoms with Crippen LogP contribution in [0.3, 0.4) is 0 Å². The molecular formula is C12H19N5. The number of imidazole rings is 1. The van der Waals surface area contributed by atoms with E-state index in [9.17, 15) is 0 Å². The zero-order valence-electron chi connectivity index (χ0n) is 10.6. The molecule has 0 spiro atoms. The van der Waals surface area contributed by atoms with Crippen LogP contribution in [0.25, 0.3) is 0 Å². The van der Waals surface area contributed by atoms with E-state index in [0.717, 1.165) is 18.7 Å². The van der Waals surface area contributed by atoms with Gasteiger partial charge in [0.05, 0.1) is 12.2 Å². The minimum Gasteiger partial charge on any atom is -0.337 e. The van der Waals surface area contributed by atoms with Gasteiger partial charge in [-0.15, -0.1) is 0 Å². The lowest BCUT2D eigenvalue weighted by Crippen LogP contribution is -2.20. The fourth-order valence-electron chi connectivity index (χ4n) is 2.03. The topological polar surface area (TPSA) is 47.7 Å². The van der Waals surface area contributed by atoms with Crippen molar-refractivity contribution in [2.45, 2.75) is 18.9 Å². The van der Waals surface area contributed by atoms with Crippen molar-refractivity contribution in [1.29, 1.82) is 0 Å². The summed E-state index contributed by atoms with van der Waals surface area (Å²) in [7, 11) is 5.94. The van der Waals surface area contributed by atoms with Crippen molar-refractivity contribution in [3.05, 3.63) is 36.2 Å². The van der Waals surface area contributed by atoms with Crippen molar-refractivity contribution < 1.29 is 0 Å². The molecule has 0 amide bonds. The third-order valence-electron chi connectivity index (χ3n) is 3.00. The molecule has 2 aromatic rings. The number of aryl methyl sites for hydroxylation is 3. The number of hydrogen-bond acceptors (Lipinski definition) is 3. The highest BCUT2D eigenvalue weighted by molar-refractivity contribution is 5.06. The Bertz CT molecular complexity index is 471. The van der Waals surface area contributed by atoms with Gasteiger partial charge in [0.2, 0.25) is 0 Å². The molecular weight excluding hydrogens is 214 g/mol. The van der Waals surface area contributed by atoms with Crippen LogP contribution in [-0.2, 0) is 20.5 Å². The molecule has 0 radical (unpaired) electrons. The molecule has 5 nitrogen and oxygen atoms in total. The van der Waals surface area contributed by atoms with E-state index >= 15 is 0 Å². The molecule has 0 saturated heterocycles. The first kappa shape index (κ1) is 11.9. The van der Waals surface area contributed by atoms with Crippen molar-refractivity contribution in [1.82, 2.24) is 24.6 Å². The Morgan fingerprint density at radius 1 is 1.41 bits per heavy atom. The number of nitrogens with zero attached hydrogens (tertiary/aromatic N) is 4. The molecule has 0 saturated carbocycles. The highest BCUT2D eigenvalue weighted by Gasteiger charge is 2.13. The highest BCUT2D eigenvalue weighted by Crippen LogP contribution is 2.16. The molecule has 1 N–H and O–H groups in total. The second-order valence-corrected chi connectivity index (χ2v) is 4.30. The van der Waals surface area contributed by atoms with E-state index in [1.165, 1.54) is 5.56 Å². The van der Waals surface area contributed by atoms with E-state index in [1.54, 1.807) is 0 Å². The summed E-state index contributed by atoms with van der Waals surface area (Å²) in [5.74, 6) is 1.08. The molecule has 1 atom stereocenters. The van der Waals surface area contributed by atoms with Crippen molar-refractivity contribution in [3.63, 3.8) is 0 Å². The molecule has 2 rings (SSSR count). The lowest BCUT2D eigenvalue weighted by Gasteiger charge is -2.15. The van der Waals surface area contributed by atoms with E-state index in [0.29, 0.717) is 0 Å².